The van der Waals surface area contributed by atoms with Crippen LogP contribution in [0.1, 0.15) is 42.6 Å². The first-order valence-corrected chi connectivity index (χ1v) is 12.2. The fourth-order valence-electron chi connectivity index (χ4n) is 4.85. The maximum Gasteiger partial charge on any atom is 0.225 e. The second-order valence-corrected chi connectivity index (χ2v) is 9.81. The summed E-state index contributed by atoms with van der Waals surface area (Å²) in [7, 11) is 1.98. The summed E-state index contributed by atoms with van der Waals surface area (Å²) in [6, 6.07) is 7.33. The molecule has 7 nitrogen and oxygen atoms in total. The first-order valence-electron chi connectivity index (χ1n) is 11.9. The Labute approximate surface area is 201 Å². The summed E-state index contributed by atoms with van der Waals surface area (Å²) in [4.78, 5) is 17.6. The minimum absolute atomic E-state index is 0.157. The van der Waals surface area contributed by atoms with Gasteiger partial charge in [0.2, 0.25) is 5.91 Å². The molecule has 0 N–H and O–H groups in total. The van der Waals surface area contributed by atoms with E-state index in [1.807, 2.05) is 40.9 Å². The Balaban J connectivity index is 1.51. The van der Waals surface area contributed by atoms with Crippen LogP contribution in [0.15, 0.2) is 24.3 Å². The van der Waals surface area contributed by atoms with E-state index in [0.717, 1.165) is 50.5 Å². The second kappa shape index (κ2) is 10.5. The van der Waals surface area contributed by atoms with E-state index in [9.17, 15) is 4.79 Å². The van der Waals surface area contributed by atoms with Gasteiger partial charge in [0, 0.05) is 56.1 Å². The summed E-state index contributed by atoms with van der Waals surface area (Å²) < 4.78 is 14.4. The second-order valence-electron chi connectivity index (χ2n) is 9.38. The van der Waals surface area contributed by atoms with Crippen molar-refractivity contribution in [3.05, 3.63) is 46.2 Å². The van der Waals surface area contributed by atoms with Crippen LogP contribution in [-0.2, 0) is 23.1 Å². The number of ether oxygens (including phenoxy) is 2. The molecule has 2 aliphatic rings. The summed E-state index contributed by atoms with van der Waals surface area (Å²) in [5.41, 5.74) is 2.77. The number of piperidine rings is 1. The van der Waals surface area contributed by atoms with Crippen molar-refractivity contribution < 1.29 is 14.3 Å². The van der Waals surface area contributed by atoms with E-state index < -0.39 is 5.60 Å². The van der Waals surface area contributed by atoms with E-state index in [4.69, 9.17) is 21.1 Å². The molecular weight excluding hydrogens is 440 g/mol. The maximum absolute atomic E-state index is 13.2. The lowest BCUT2D eigenvalue weighted by Crippen LogP contribution is -2.57. The van der Waals surface area contributed by atoms with E-state index in [0.29, 0.717) is 31.2 Å². The number of carbonyl (C=O) groups excluding carboxylic acids is 1. The van der Waals surface area contributed by atoms with Gasteiger partial charge in [0.25, 0.3) is 0 Å². The summed E-state index contributed by atoms with van der Waals surface area (Å²) in [6.07, 6.45) is 3.67. The van der Waals surface area contributed by atoms with Gasteiger partial charge in [-0.25, -0.2) is 0 Å². The Morgan fingerprint density at radius 3 is 2.55 bits per heavy atom. The summed E-state index contributed by atoms with van der Waals surface area (Å²) >= 11 is 6.02. The molecule has 0 bridgehead atoms. The molecule has 0 saturated carbocycles. The quantitative estimate of drug-likeness (QED) is 0.611. The minimum Gasteiger partial charge on any atom is -0.491 e. The highest BCUT2D eigenvalue weighted by Gasteiger charge is 2.41. The zero-order valence-corrected chi connectivity index (χ0v) is 20.7. The molecule has 2 aromatic rings. The van der Waals surface area contributed by atoms with Gasteiger partial charge in [-0.2, -0.15) is 5.10 Å². The number of benzene rings is 1. The molecule has 1 amide bonds. The summed E-state index contributed by atoms with van der Waals surface area (Å²) in [5.74, 6) is 0.883. The van der Waals surface area contributed by atoms with E-state index in [-0.39, 0.29) is 5.91 Å². The molecule has 2 fully saturated rings. The molecule has 8 heteroatoms. The van der Waals surface area contributed by atoms with Crippen LogP contribution in [0.2, 0.25) is 5.02 Å². The van der Waals surface area contributed by atoms with Gasteiger partial charge in [-0.05, 0) is 57.4 Å². The van der Waals surface area contributed by atoms with Crippen molar-refractivity contribution in [3.63, 3.8) is 0 Å². The van der Waals surface area contributed by atoms with Crippen LogP contribution < -0.4 is 4.74 Å². The van der Waals surface area contributed by atoms with E-state index >= 15 is 0 Å². The zero-order chi connectivity index (χ0) is 23.4. The summed E-state index contributed by atoms with van der Waals surface area (Å²) in [6.45, 7) is 8.95. The number of morpholine rings is 1. The predicted octanol–water partition coefficient (Wildman–Crippen LogP) is 3.74. The van der Waals surface area contributed by atoms with E-state index in [2.05, 4.69) is 23.8 Å². The standard InChI is InChI=1S/C25H35ClN4O3/c1-19-23(20(2)28(3)27-19)16-29-13-14-33-25(17-29,15-24(31)30-11-5-4-6-12-30)18-32-22-9-7-21(26)8-10-22/h7-10H,4-6,11-18H2,1-3H3. The summed E-state index contributed by atoms with van der Waals surface area (Å²) in [5, 5.41) is 5.23. The predicted molar refractivity (Wildman–Crippen MR) is 129 cm³/mol. The molecule has 1 unspecified atom stereocenters. The molecule has 1 aromatic carbocycles. The van der Waals surface area contributed by atoms with Gasteiger partial charge >= 0.3 is 0 Å². The van der Waals surface area contributed by atoms with Crippen molar-refractivity contribution in [1.82, 2.24) is 19.6 Å². The van der Waals surface area contributed by atoms with E-state index in [1.165, 1.54) is 17.7 Å². The first-order chi connectivity index (χ1) is 15.8. The van der Waals surface area contributed by atoms with Gasteiger partial charge in [0.1, 0.15) is 18.0 Å². The molecule has 4 rings (SSSR count). The van der Waals surface area contributed by atoms with Crippen LogP contribution in [-0.4, -0.2) is 70.5 Å². The van der Waals surface area contributed by atoms with E-state index in [1.54, 1.807) is 0 Å². The van der Waals surface area contributed by atoms with Gasteiger partial charge in [-0.3, -0.25) is 14.4 Å². The highest BCUT2D eigenvalue weighted by atomic mass is 35.5. The van der Waals surface area contributed by atoms with Crippen LogP contribution in [0, 0.1) is 13.8 Å². The van der Waals surface area contributed by atoms with Crippen molar-refractivity contribution in [3.8, 4) is 5.75 Å². The fraction of sp³-hybridized carbons (Fsp3) is 0.600. The number of nitrogens with zero attached hydrogens (tertiary/aromatic N) is 4. The van der Waals surface area contributed by atoms with Crippen LogP contribution in [0.3, 0.4) is 0 Å². The van der Waals surface area contributed by atoms with Crippen LogP contribution in [0.4, 0.5) is 0 Å². The Morgan fingerprint density at radius 2 is 1.88 bits per heavy atom. The Morgan fingerprint density at radius 1 is 1.15 bits per heavy atom. The number of hydrogen-bond acceptors (Lipinski definition) is 5. The van der Waals surface area contributed by atoms with Gasteiger partial charge in [-0.15, -0.1) is 0 Å². The number of rotatable bonds is 7. The number of halogens is 1. The largest absolute Gasteiger partial charge is 0.491 e. The highest BCUT2D eigenvalue weighted by Crippen LogP contribution is 2.28. The minimum atomic E-state index is -0.698. The normalized spacial score (nSPS) is 21.9. The lowest BCUT2D eigenvalue weighted by Gasteiger charge is -2.43. The molecular formula is C25H35ClN4O3. The van der Waals surface area contributed by atoms with Gasteiger partial charge in [-0.1, -0.05) is 11.6 Å². The molecule has 0 aliphatic carbocycles. The van der Waals surface area contributed by atoms with Crippen molar-refractivity contribution in [2.45, 2.75) is 51.7 Å². The third-order valence-corrected chi connectivity index (χ3v) is 7.12. The molecule has 2 aliphatic heterocycles. The first kappa shape index (κ1) is 24.0. The molecule has 180 valence electrons. The van der Waals surface area contributed by atoms with Crippen molar-refractivity contribution in [2.75, 3.05) is 39.4 Å². The Bertz CT molecular complexity index is 955. The number of aromatic nitrogens is 2. The van der Waals surface area contributed by atoms with Crippen molar-refractivity contribution in [2.24, 2.45) is 7.05 Å². The fourth-order valence-corrected chi connectivity index (χ4v) is 4.98. The van der Waals surface area contributed by atoms with Crippen LogP contribution >= 0.6 is 11.6 Å². The molecule has 2 saturated heterocycles. The molecule has 3 heterocycles. The number of aryl methyl sites for hydroxylation is 2. The maximum atomic E-state index is 13.2. The van der Waals surface area contributed by atoms with Crippen LogP contribution in [0.25, 0.3) is 0 Å². The lowest BCUT2D eigenvalue weighted by molar-refractivity contribution is -0.157. The molecule has 0 spiro atoms. The third-order valence-electron chi connectivity index (χ3n) is 6.87. The Hall–Kier alpha value is -2.09. The molecule has 1 atom stereocenters. The van der Waals surface area contributed by atoms with Crippen LogP contribution in [0.5, 0.6) is 5.75 Å². The average Bonchev–Trinajstić information content (AvgIpc) is 3.05. The van der Waals surface area contributed by atoms with Gasteiger partial charge < -0.3 is 14.4 Å². The smallest absolute Gasteiger partial charge is 0.225 e. The SMILES string of the molecule is Cc1nn(C)c(C)c1CN1CCOC(COc2ccc(Cl)cc2)(CC(=O)N2CCCCC2)C1. The molecule has 0 radical (unpaired) electrons. The monoisotopic (exact) mass is 474 g/mol. The molecule has 1 aromatic heterocycles. The zero-order valence-electron chi connectivity index (χ0n) is 20.0. The number of carbonyl (C=O) groups is 1. The van der Waals surface area contributed by atoms with Crippen molar-refractivity contribution in [1.29, 1.82) is 0 Å². The average molecular weight is 475 g/mol. The number of likely N-dealkylation sites (tertiary alicyclic amines) is 1. The van der Waals surface area contributed by atoms with Gasteiger partial charge in [0.15, 0.2) is 0 Å². The number of amides is 1. The molecule has 33 heavy (non-hydrogen) atoms. The van der Waals surface area contributed by atoms with Gasteiger partial charge in [0.05, 0.1) is 18.7 Å². The lowest BCUT2D eigenvalue weighted by atomic mass is 9.95. The third kappa shape index (κ3) is 5.89. The topological polar surface area (TPSA) is 59.8 Å². The highest BCUT2D eigenvalue weighted by molar-refractivity contribution is 6.30. The van der Waals surface area contributed by atoms with Crippen molar-refractivity contribution >= 4 is 17.5 Å². The Kier molecular flexibility index (Phi) is 7.62. The number of hydrogen-bond donors (Lipinski definition) is 0.